The highest BCUT2D eigenvalue weighted by molar-refractivity contribution is 6.29. The quantitative estimate of drug-likeness (QED) is 0.919. The summed E-state index contributed by atoms with van der Waals surface area (Å²) in [4.78, 5) is 19.6. The lowest BCUT2D eigenvalue weighted by Gasteiger charge is -2.07. The van der Waals surface area contributed by atoms with Crippen molar-refractivity contribution in [2.24, 2.45) is 0 Å². The van der Waals surface area contributed by atoms with Crippen LogP contribution < -0.4 is 10.1 Å². The highest BCUT2D eigenvalue weighted by atomic mass is 35.5. The summed E-state index contributed by atoms with van der Waals surface area (Å²) in [5, 5.41) is 3.02. The molecule has 0 aliphatic carbocycles. The topological polar surface area (TPSA) is 64.1 Å². The molecule has 2 rings (SSSR count). The number of nitrogens with zero attached hydrogens (tertiary/aromatic N) is 2. The maximum Gasteiger partial charge on any atom is 0.271 e. The summed E-state index contributed by atoms with van der Waals surface area (Å²) in [5.41, 5.74) is 1.18. The molecule has 20 heavy (non-hydrogen) atoms. The van der Waals surface area contributed by atoms with E-state index in [-0.39, 0.29) is 16.8 Å². The molecule has 1 amide bonds. The van der Waals surface area contributed by atoms with Crippen LogP contribution >= 0.6 is 11.6 Å². The lowest BCUT2D eigenvalue weighted by atomic mass is 10.2. The average Bonchev–Trinajstić information content (AvgIpc) is 2.46. The number of rotatable bonds is 5. The van der Waals surface area contributed by atoms with E-state index < -0.39 is 0 Å². The minimum absolute atomic E-state index is 0.232. The van der Waals surface area contributed by atoms with Gasteiger partial charge in [-0.1, -0.05) is 23.7 Å². The molecule has 0 unspecified atom stereocenters. The van der Waals surface area contributed by atoms with Gasteiger partial charge in [-0.3, -0.25) is 4.79 Å². The molecule has 0 aliphatic heterocycles. The fourth-order valence-electron chi connectivity index (χ4n) is 1.61. The molecule has 1 aromatic carbocycles. The number of amides is 1. The summed E-state index contributed by atoms with van der Waals surface area (Å²) < 4.78 is 5.40. The van der Waals surface area contributed by atoms with E-state index in [0.717, 1.165) is 11.3 Å². The van der Waals surface area contributed by atoms with Gasteiger partial charge in [0.2, 0.25) is 0 Å². The third kappa shape index (κ3) is 3.93. The van der Waals surface area contributed by atoms with Gasteiger partial charge in [-0.05, 0) is 24.6 Å². The Morgan fingerprint density at radius 3 is 2.90 bits per heavy atom. The minimum Gasteiger partial charge on any atom is -0.494 e. The zero-order valence-corrected chi connectivity index (χ0v) is 11.7. The molecule has 0 bridgehead atoms. The largest absolute Gasteiger partial charge is 0.494 e. The Balaban J connectivity index is 1.96. The second kappa shape index (κ2) is 6.86. The molecule has 1 heterocycles. The maximum absolute atomic E-state index is 11.9. The fourth-order valence-corrected chi connectivity index (χ4v) is 1.71. The number of carbonyl (C=O) groups excluding carboxylic acids is 1. The number of carbonyl (C=O) groups is 1. The summed E-state index contributed by atoms with van der Waals surface area (Å²) in [6.07, 6.45) is 2.68. The summed E-state index contributed by atoms with van der Waals surface area (Å²) in [6.45, 7) is 2.92. The zero-order chi connectivity index (χ0) is 14.4. The molecule has 0 spiro atoms. The van der Waals surface area contributed by atoms with Crippen molar-refractivity contribution in [1.82, 2.24) is 15.3 Å². The van der Waals surface area contributed by atoms with Crippen LogP contribution in [0.1, 0.15) is 23.0 Å². The summed E-state index contributed by atoms with van der Waals surface area (Å²) in [7, 11) is 0. The maximum atomic E-state index is 11.9. The lowest BCUT2D eigenvalue weighted by molar-refractivity contribution is 0.0945. The molecule has 1 aromatic heterocycles. The van der Waals surface area contributed by atoms with E-state index in [0.29, 0.717) is 13.2 Å². The summed E-state index contributed by atoms with van der Waals surface area (Å²) in [5.74, 6) is 0.488. The van der Waals surface area contributed by atoms with Gasteiger partial charge in [0.1, 0.15) is 16.6 Å². The molecular formula is C14H14ClN3O2. The van der Waals surface area contributed by atoms with Crippen molar-refractivity contribution in [3.8, 4) is 5.75 Å². The van der Waals surface area contributed by atoms with Crippen LogP contribution in [0.15, 0.2) is 36.7 Å². The van der Waals surface area contributed by atoms with Crippen molar-refractivity contribution < 1.29 is 9.53 Å². The van der Waals surface area contributed by atoms with Gasteiger partial charge in [-0.15, -0.1) is 0 Å². The van der Waals surface area contributed by atoms with Gasteiger partial charge in [0.25, 0.3) is 5.91 Å². The second-order valence-corrected chi connectivity index (χ2v) is 4.37. The predicted molar refractivity (Wildman–Crippen MR) is 75.8 cm³/mol. The monoisotopic (exact) mass is 291 g/mol. The first-order valence-corrected chi connectivity index (χ1v) is 6.54. The number of ether oxygens (including phenoxy) is 1. The van der Waals surface area contributed by atoms with Crippen LogP contribution in [0.25, 0.3) is 0 Å². The molecule has 0 radical (unpaired) electrons. The Labute approximate surface area is 122 Å². The number of benzene rings is 1. The van der Waals surface area contributed by atoms with Crippen molar-refractivity contribution >= 4 is 17.5 Å². The molecule has 0 atom stereocenters. The molecule has 5 nitrogen and oxygen atoms in total. The van der Waals surface area contributed by atoms with Gasteiger partial charge in [0, 0.05) is 6.54 Å². The smallest absolute Gasteiger partial charge is 0.271 e. The van der Waals surface area contributed by atoms with Gasteiger partial charge in [-0.25, -0.2) is 9.97 Å². The first-order chi connectivity index (χ1) is 9.69. The first kappa shape index (κ1) is 14.3. The molecule has 2 aromatic rings. The van der Waals surface area contributed by atoms with Crippen LogP contribution in [-0.4, -0.2) is 22.5 Å². The molecular weight excluding hydrogens is 278 g/mol. The third-order valence-electron chi connectivity index (χ3n) is 2.52. The Kier molecular flexibility index (Phi) is 4.90. The number of hydrogen-bond acceptors (Lipinski definition) is 4. The molecule has 6 heteroatoms. The first-order valence-electron chi connectivity index (χ1n) is 6.16. The fraction of sp³-hybridized carbons (Fsp3) is 0.214. The standard InChI is InChI=1S/C14H14ClN3O2/c1-2-20-11-5-3-4-10(6-11)7-18-14(19)12-8-17-13(15)9-16-12/h3-6,8-9H,2,7H2,1H3,(H,18,19). The van der Waals surface area contributed by atoms with Crippen LogP contribution in [0.3, 0.4) is 0 Å². The van der Waals surface area contributed by atoms with Crippen LogP contribution in [-0.2, 0) is 6.54 Å². The van der Waals surface area contributed by atoms with Gasteiger partial charge in [0.05, 0.1) is 19.0 Å². The van der Waals surface area contributed by atoms with Gasteiger partial charge in [0.15, 0.2) is 0 Å². The van der Waals surface area contributed by atoms with E-state index in [2.05, 4.69) is 15.3 Å². The molecule has 0 saturated carbocycles. The molecule has 0 fully saturated rings. The van der Waals surface area contributed by atoms with Gasteiger partial charge < -0.3 is 10.1 Å². The second-order valence-electron chi connectivity index (χ2n) is 3.99. The van der Waals surface area contributed by atoms with Gasteiger partial charge >= 0.3 is 0 Å². The molecule has 0 saturated heterocycles. The van der Waals surface area contributed by atoms with E-state index in [1.54, 1.807) is 0 Å². The highest BCUT2D eigenvalue weighted by Crippen LogP contribution is 2.13. The predicted octanol–water partition coefficient (Wildman–Crippen LogP) is 2.46. The highest BCUT2D eigenvalue weighted by Gasteiger charge is 2.07. The molecule has 0 aliphatic rings. The number of hydrogen-bond donors (Lipinski definition) is 1. The van der Waals surface area contributed by atoms with E-state index in [1.165, 1.54) is 12.4 Å². The number of halogens is 1. The van der Waals surface area contributed by atoms with E-state index >= 15 is 0 Å². The SMILES string of the molecule is CCOc1cccc(CNC(=O)c2cnc(Cl)cn2)c1. The lowest BCUT2D eigenvalue weighted by Crippen LogP contribution is -2.23. The molecule has 1 N–H and O–H groups in total. The van der Waals surface area contributed by atoms with Crippen molar-refractivity contribution in [1.29, 1.82) is 0 Å². The third-order valence-corrected chi connectivity index (χ3v) is 2.71. The van der Waals surface area contributed by atoms with Crippen LogP contribution in [0.4, 0.5) is 0 Å². The molecule has 104 valence electrons. The van der Waals surface area contributed by atoms with Crippen molar-refractivity contribution in [3.05, 3.63) is 53.1 Å². The van der Waals surface area contributed by atoms with Gasteiger partial charge in [-0.2, -0.15) is 0 Å². The Hall–Kier alpha value is -2.14. The van der Waals surface area contributed by atoms with Crippen molar-refractivity contribution in [3.63, 3.8) is 0 Å². The average molecular weight is 292 g/mol. The number of aromatic nitrogens is 2. The minimum atomic E-state index is -0.295. The van der Waals surface area contributed by atoms with E-state index in [9.17, 15) is 4.79 Å². The van der Waals surface area contributed by atoms with Crippen molar-refractivity contribution in [2.45, 2.75) is 13.5 Å². The zero-order valence-electron chi connectivity index (χ0n) is 11.0. The normalized spacial score (nSPS) is 10.1. The number of nitrogens with one attached hydrogen (secondary N) is 1. The van der Waals surface area contributed by atoms with Crippen molar-refractivity contribution in [2.75, 3.05) is 6.61 Å². The summed E-state index contributed by atoms with van der Waals surface area (Å²) in [6, 6.07) is 7.56. The summed E-state index contributed by atoms with van der Waals surface area (Å²) >= 11 is 5.62. The van der Waals surface area contributed by atoms with Crippen LogP contribution in [0.5, 0.6) is 5.75 Å². The Bertz CT molecular complexity index is 587. The Morgan fingerprint density at radius 2 is 2.20 bits per heavy atom. The van der Waals surface area contributed by atoms with E-state index in [4.69, 9.17) is 16.3 Å². The van der Waals surface area contributed by atoms with Crippen LogP contribution in [0, 0.1) is 0 Å². The Morgan fingerprint density at radius 1 is 1.35 bits per heavy atom. The van der Waals surface area contributed by atoms with Crippen LogP contribution in [0.2, 0.25) is 5.15 Å². The van der Waals surface area contributed by atoms with E-state index in [1.807, 2.05) is 31.2 Å².